The number of hydrogen-bond donors (Lipinski definition) is 2. The molecule has 0 saturated heterocycles. The molecule has 3 aromatic rings. The summed E-state index contributed by atoms with van der Waals surface area (Å²) in [6.07, 6.45) is 0. The minimum absolute atomic E-state index is 0.0899. The van der Waals surface area contributed by atoms with Crippen molar-refractivity contribution in [2.45, 2.75) is 6.92 Å². The number of rotatable bonds is 5. The van der Waals surface area contributed by atoms with Crippen LogP contribution in [0.4, 0.5) is 11.4 Å². The molecule has 0 radical (unpaired) electrons. The molecule has 2 aromatic carbocycles. The second kappa shape index (κ2) is 10.4. The van der Waals surface area contributed by atoms with E-state index in [1.165, 1.54) is 14.1 Å². The third kappa shape index (κ3) is 5.76. The van der Waals surface area contributed by atoms with Gasteiger partial charge in [-0.15, -0.1) is 0 Å². The highest BCUT2D eigenvalue weighted by atomic mass is 79.9. The number of nitrogens with one attached hydrogen (secondary N) is 1. The van der Waals surface area contributed by atoms with Crippen molar-refractivity contribution in [1.29, 1.82) is 0 Å². The predicted octanol–water partition coefficient (Wildman–Crippen LogP) is 3.96. The molecule has 8 nitrogen and oxygen atoms in total. The molecule has 1 aromatic heterocycles. The Bertz CT molecular complexity index is 1370. The monoisotopic (exact) mass is 550 g/mol. The van der Waals surface area contributed by atoms with E-state index in [2.05, 4.69) is 26.2 Å². The molecule has 11 heteroatoms. The van der Waals surface area contributed by atoms with E-state index < -0.39 is 17.1 Å². The molecule has 2 N–H and O–H groups in total. The smallest absolute Gasteiger partial charge is 0.333 e. The molecule has 0 spiro atoms. The van der Waals surface area contributed by atoms with Crippen LogP contribution in [0.2, 0.25) is 5.02 Å². The molecule has 1 amide bonds. The molecule has 0 atom stereocenters. The predicted molar refractivity (Wildman–Crippen MR) is 136 cm³/mol. The maximum absolute atomic E-state index is 12.8. The van der Waals surface area contributed by atoms with Gasteiger partial charge in [-0.2, -0.15) is 0 Å². The topological polar surface area (TPSA) is 106 Å². The van der Waals surface area contributed by atoms with Crippen molar-refractivity contribution in [3.63, 3.8) is 0 Å². The third-order valence-electron chi connectivity index (χ3n) is 4.71. The SMILES string of the molecule is Cc1cc(Br)ccc1NC(=O)CSC(=Nc1ccc(Cl)cc1)c1c(O)n(C)c(=O)n(C)c1=O. The second-order valence-corrected chi connectivity index (χ2v) is 9.41. The van der Waals surface area contributed by atoms with E-state index in [1.54, 1.807) is 30.3 Å². The molecular formula is C22H20BrClN4O4S. The Kier molecular flexibility index (Phi) is 7.83. The lowest BCUT2D eigenvalue weighted by Crippen LogP contribution is -2.39. The molecule has 1 heterocycles. The van der Waals surface area contributed by atoms with Gasteiger partial charge in [0.1, 0.15) is 10.6 Å². The van der Waals surface area contributed by atoms with Crippen LogP contribution in [0, 0.1) is 6.92 Å². The first-order chi connectivity index (χ1) is 15.6. The Balaban J connectivity index is 1.97. The van der Waals surface area contributed by atoms with E-state index >= 15 is 0 Å². The van der Waals surface area contributed by atoms with Crippen LogP contribution in [0.25, 0.3) is 0 Å². The van der Waals surface area contributed by atoms with Crippen molar-refractivity contribution in [3.05, 3.63) is 83.9 Å². The molecular weight excluding hydrogens is 532 g/mol. The summed E-state index contributed by atoms with van der Waals surface area (Å²) in [6, 6.07) is 12.0. The first-order valence-corrected chi connectivity index (χ1v) is 11.8. The normalized spacial score (nSPS) is 11.5. The first-order valence-electron chi connectivity index (χ1n) is 9.61. The van der Waals surface area contributed by atoms with Crippen molar-refractivity contribution in [2.24, 2.45) is 19.1 Å². The van der Waals surface area contributed by atoms with E-state index in [9.17, 15) is 19.5 Å². The summed E-state index contributed by atoms with van der Waals surface area (Å²) < 4.78 is 2.71. The number of nitrogens with zero attached hydrogens (tertiary/aromatic N) is 3. The van der Waals surface area contributed by atoms with Crippen LogP contribution in [0.3, 0.4) is 0 Å². The lowest BCUT2D eigenvalue weighted by Gasteiger charge is -2.13. The van der Waals surface area contributed by atoms with Crippen molar-refractivity contribution in [3.8, 4) is 5.88 Å². The highest BCUT2D eigenvalue weighted by Crippen LogP contribution is 2.25. The van der Waals surface area contributed by atoms with Gasteiger partial charge in [0.25, 0.3) is 5.56 Å². The number of aryl methyl sites for hydroxylation is 1. The van der Waals surface area contributed by atoms with Crippen LogP contribution in [0.5, 0.6) is 5.88 Å². The molecule has 0 aliphatic carbocycles. The van der Waals surface area contributed by atoms with Gasteiger partial charge >= 0.3 is 5.69 Å². The molecule has 3 rings (SSSR count). The summed E-state index contributed by atoms with van der Waals surface area (Å²) in [5, 5.41) is 14.0. The lowest BCUT2D eigenvalue weighted by molar-refractivity contribution is -0.113. The van der Waals surface area contributed by atoms with Crippen LogP contribution in [-0.2, 0) is 18.9 Å². The number of carbonyl (C=O) groups is 1. The number of thioether (sulfide) groups is 1. The quantitative estimate of drug-likeness (QED) is 0.369. The van der Waals surface area contributed by atoms with Crippen LogP contribution in [-0.4, -0.2) is 30.9 Å². The molecule has 0 unspecified atom stereocenters. The third-order valence-corrected chi connectivity index (χ3v) is 6.43. The summed E-state index contributed by atoms with van der Waals surface area (Å²) >= 11 is 10.3. The molecule has 0 aliphatic heterocycles. The van der Waals surface area contributed by atoms with Gasteiger partial charge in [0.05, 0.1) is 11.4 Å². The number of aromatic nitrogens is 2. The Labute approximate surface area is 207 Å². The van der Waals surface area contributed by atoms with Gasteiger partial charge < -0.3 is 10.4 Å². The average Bonchev–Trinajstić information content (AvgIpc) is 2.78. The minimum Gasteiger partial charge on any atom is -0.494 e. The maximum Gasteiger partial charge on any atom is 0.333 e. The average molecular weight is 552 g/mol. The summed E-state index contributed by atoms with van der Waals surface area (Å²) in [5.74, 6) is -0.948. The van der Waals surface area contributed by atoms with E-state index in [0.717, 1.165) is 30.9 Å². The molecule has 0 fully saturated rings. The van der Waals surface area contributed by atoms with Crippen molar-refractivity contribution in [2.75, 3.05) is 11.1 Å². The fraction of sp³-hybridized carbons (Fsp3) is 0.182. The zero-order chi connectivity index (χ0) is 24.3. The lowest BCUT2D eigenvalue weighted by atomic mass is 10.2. The van der Waals surface area contributed by atoms with Gasteiger partial charge in [0, 0.05) is 29.3 Å². The van der Waals surface area contributed by atoms with Crippen LogP contribution >= 0.6 is 39.3 Å². The zero-order valence-corrected chi connectivity index (χ0v) is 21.1. The molecule has 0 aliphatic rings. The number of carbonyl (C=O) groups excluding carboxylic acids is 1. The van der Waals surface area contributed by atoms with Crippen molar-refractivity contribution >= 4 is 61.6 Å². The summed E-state index contributed by atoms with van der Waals surface area (Å²) in [6.45, 7) is 1.87. The van der Waals surface area contributed by atoms with Crippen LogP contribution in [0.15, 0.2) is 61.5 Å². The highest BCUT2D eigenvalue weighted by Gasteiger charge is 2.22. The number of halogens is 2. The number of anilines is 1. The van der Waals surface area contributed by atoms with Gasteiger partial charge in [-0.1, -0.05) is 39.3 Å². The Morgan fingerprint density at radius 2 is 1.82 bits per heavy atom. The van der Waals surface area contributed by atoms with Gasteiger partial charge in [0.2, 0.25) is 11.8 Å². The number of aromatic hydroxyl groups is 1. The van der Waals surface area contributed by atoms with E-state index in [1.807, 2.05) is 19.1 Å². The van der Waals surface area contributed by atoms with E-state index in [-0.39, 0.29) is 22.3 Å². The number of amides is 1. The number of hydrogen-bond acceptors (Lipinski definition) is 6. The van der Waals surface area contributed by atoms with E-state index in [4.69, 9.17) is 11.6 Å². The minimum atomic E-state index is -0.722. The number of benzene rings is 2. The fourth-order valence-electron chi connectivity index (χ4n) is 2.90. The van der Waals surface area contributed by atoms with Gasteiger partial charge in [-0.05, 0) is 55.0 Å². The maximum atomic E-state index is 12.8. The second-order valence-electron chi connectivity index (χ2n) is 7.09. The highest BCUT2D eigenvalue weighted by molar-refractivity contribution is 9.10. The Hall–Kier alpha value is -2.82. The van der Waals surface area contributed by atoms with Crippen molar-refractivity contribution < 1.29 is 9.90 Å². The molecule has 0 bridgehead atoms. The van der Waals surface area contributed by atoms with Crippen LogP contribution in [0.1, 0.15) is 11.1 Å². The van der Waals surface area contributed by atoms with Gasteiger partial charge in [-0.25, -0.2) is 9.79 Å². The Morgan fingerprint density at radius 1 is 1.15 bits per heavy atom. The molecule has 172 valence electrons. The van der Waals surface area contributed by atoms with E-state index in [0.29, 0.717) is 16.4 Å². The summed E-state index contributed by atoms with van der Waals surface area (Å²) in [7, 11) is 2.65. The summed E-state index contributed by atoms with van der Waals surface area (Å²) in [4.78, 5) is 42.1. The standard InChI is InChI=1S/C22H20BrClN4O4S/c1-12-10-13(23)4-9-16(12)26-17(29)11-33-19(25-15-7-5-14(24)6-8-15)18-20(30)27(2)22(32)28(3)21(18)31/h4-10,30H,11H2,1-3H3,(H,26,29). The Morgan fingerprint density at radius 3 is 2.45 bits per heavy atom. The summed E-state index contributed by atoms with van der Waals surface area (Å²) in [5.41, 5.74) is 0.414. The van der Waals surface area contributed by atoms with Crippen molar-refractivity contribution in [1.82, 2.24) is 9.13 Å². The van der Waals surface area contributed by atoms with Crippen LogP contribution < -0.4 is 16.6 Å². The zero-order valence-electron chi connectivity index (χ0n) is 17.9. The molecule has 33 heavy (non-hydrogen) atoms. The number of aliphatic imine (C=N–C) groups is 1. The van der Waals surface area contributed by atoms with Gasteiger partial charge in [0.15, 0.2) is 0 Å². The fourth-order valence-corrected chi connectivity index (χ4v) is 4.34. The first kappa shape index (κ1) is 24.8. The molecule has 0 saturated carbocycles. The van der Waals surface area contributed by atoms with Gasteiger partial charge in [-0.3, -0.25) is 18.7 Å². The largest absolute Gasteiger partial charge is 0.494 e.